The molecule has 0 heterocycles. The second-order valence-corrected chi connectivity index (χ2v) is 5.62. The van der Waals surface area contributed by atoms with E-state index in [-0.39, 0.29) is 11.7 Å². The van der Waals surface area contributed by atoms with Gasteiger partial charge < -0.3 is 16.2 Å². The summed E-state index contributed by atoms with van der Waals surface area (Å²) >= 11 is 6.54. The first kappa shape index (κ1) is 13.9. The summed E-state index contributed by atoms with van der Waals surface area (Å²) < 4.78 is 1.41. The smallest absolute Gasteiger partial charge is 0.255 e. The Labute approximate surface area is 126 Å². The lowest BCUT2D eigenvalue weighted by Gasteiger charge is -2.08. The molecule has 19 heavy (non-hydrogen) atoms. The number of aromatic hydroxyl groups is 1. The van der Waals surface area contributed by atoms with E-state index in [1.165, 1.54) is 6.07 Å². The van der Waals surface area contributed by atoms with Gasteiger partial charge in [0.05, 0.1) is 5.69 Å². The van der Waals surface area contributed by atoms with E-state index < -0.39 is 0 Å². The van der Waals surface area contributed by atoms with Crippen LogP contribution < -0.4 is 11.1 Å². The Hall–Kier alpha value is -1.53. The molecular weight excluding hydrogens is 376 g/mol. The molecule has 2 aromatic rings. The third-order valence-electron chi connectivity index (χ3n) is 2.47. The van der Waals surface area contributed by atoms with E-state index in [0.717, 1.165) is 4.47 Å². The molecule has 0 radical (unpaired) electrons. The summed E-state index contributed by atoms with van der Waals surface area (Å²) in [7, 11) is 0. The lowest BCUT2D eigenvalue weighted by Crippen LogP contribution is -2.12. The molecule has 6 heteroatoms. The van der Waals surface area contributed by atoms with E-state index in [9.17, 15) is 9.90 Å². The van der Waals surface area contributed by atoms with Crippen molar-refractivity contribution in [2.24, 2.45) is 0 Å². The Morgan fingerprint density at radius 1 is 1.16 bits per heavy atom. The normalized spacial score (nSPS) is 10.2. The lowest BCUT2D eigenvalue weighted by atomic mass is 10.2. The minimum atomic E-state index is -0.325. The van der Waals surface area contributed by atoms with E-state index in [1.807, 2.05) is 0 Å². The van der Waals surface area contributed by atoms with Crippen LogP contribution >= 0.6 is 31.9 Å². The highest BCUT2D eigenvalue weighted by molar-refractivity contribution is 9.10. The number of hydrogen-bond acceptors (Lipinski definition) is 3. The van der Waals surface area contributed by atoms with Gasteiger partial charge in [-0.25, -0.2) is 0 Å². The van der Waals surface area contributed by atoms with Crippen LogP contribution in [0.15, 0.2) is 45.3 Å². The molecule has 1 amide bonds. The number of nitrogen functional groups attached to an aromatic ring is 1. The molecular formula is C13H10Br2N2O2. The van der Waals surface area contributed by atoms with Crippen LogP contribution in [0.5, 0.6) is 5.75 Å². The number of hydrogen-bond donors (Lipinski definition) is 3. The lowest BCUT2D eigenvalue weighted by molar-refractivity contribution is 0.102. The average Bonchev–Trinajstić information content (AvgIpc) is 2.37. The summed E-state index contributed by atoms with van der Waals surface area (Å²) in [6.07, 6.45) is 0. The number of benzene rings is 2. The van der Waals surface area contributed by atoms with E-state index in [2.05, 4.69) is 37.2 Å². The number of phenols is 1. The first-order chi connectivity index (χ1) is 8.97. The van der Waals surface area contributed by atoms with Crippen LogP contribution in [0.4, 0.5) is 11.4 Å². The SMILES string of the molecule is Nc1ccc(C(=O)Nc2cc(Br)ccc2O)cc1Br. The number of carbonyl (C=O) groups excluding carboxylic acids is 1. The van der Waals surface area contributed by atoms with Gasteiger partial charge in [0.25, 0.3) is 5.91 Å². The van der Waals surface area contributed by atoms with E-state index in [4.69, 9.17) is 5.73 Å². The molecule has 0 aromatic heterocycles. The monoisotopic (exact) mass is 384 g/mol. The van der Waals surface area contributed by atoms with Crippen molar-refractivity contribution in [3.05, 3.63) is 50.9 Å². The summed E-state index contributed by atoms with van der Waals surface area (Å²) in [5.41, 5.74) is 7.00. The van der Waals surface area contributed by atoms with E-state index >= 15 is 0 Å². The number of amides is 1. The Morgan fingerprint density at radius 2 is 1.89 bits per heavy atom. The van der Waals surface area contributed by atoms with Gasteiger partial charge >= 0.3 is 0 Å². The van der Waals surface area contributed by atoms with Gasteiger partial charge in [0.15, 0.2) is 0 Å². The standard InChI is InChI=1S/C13H10Br2N2O2/c14-8-2-4-12(18)11(6-8)17-13(19)7-1-3-10(16)9(15)5-7/h1-6,18H,16H2,(H,17,19). The average molecular weight is 386 g/mol. The maximum Gasteiger partial charge on any atom is 0.255 e. The molecule has 0 aliphatic rings. The molecule has 0 bridgehead atoms. The van der Waals surface area contributed by atoms with Gasteiger partial charge in [0, 0.05) is 20.2 Å². The summed E-state index contributed by atoms with van der Waals surface area (Å²) in [4.78, 5) is 12.0. The van der Waals surface area contributed by atoms with Gasteiger partial charge in [0.2, 0.25) is 0 Å². The van der Waals surface area contributed by atoms with Crippen molar-refractivity contribution in [2.75, 3.05) is 11.1 Å². The Bertz CT molecular complexity index is 645. The zero-order valence-corrected chi connectivity index (χ0v) is 12.8. The van der Waals surface area contributed by atoms with Gasteiger partial charge in [-0.1, -0.05) is 15.9 Å². The molecule has 0 fully saturated rings. The van der Waals surface area contributed by atoms with Crippen molar-refractivity contribution in [1.82, 2.24) is 0 Å². The van der Waals surface area contributed by atoms with Crippen molar-refractivity contribution in [3.63, 3.8) is 0 Å². The molecule has 2 aromatic carbocycles. The molecule has 98 valence electrons. The van der Waals surface area contributed by atoms with Crippen LogP contribution in [-0.4, -0.2) is 11.0 Å². The van der Waals surface area contributed by atoms with E-state index in [1.54, 1.807) is 30.3 Å². The van der Waals surface area contributed by atoms with E-state index in [0.29, 0.717) is 21.4 Å². The minimum absolute atomic E-state index is 0.00561. The van der Waals surface area contributed by atoms with Crippen molar-refractivity contribution >= 4 is 49.1 Å². The number of nitrogens with two attached hydrogens (primary N) is 1. The van der Waals surface area contributed by atoms with Crippen molar-refractivity contribution in [1.29, 1.82) is 0 Å². The highest BCUT2D eigenvalue weighted by Crippen LogP contribution is 2.28. The second kappa shape index (κ2) is 5.63. The molecule has 0 aliphatic carbocycles. The summed E-state index contributed by atoms with van der Waals surface area (Å²) in [5, 5.41) is 12.3. The topological polar surface area (TPSA) is 75.4 Å². The number of rotatable bonds is 2. The zero-order valence-electron chi connectivity index (χ0n) is 9.65. The summed E-state index contributed by atoms with van der Waals surface area (Å²) in [6, 6.07) is 9.69. The maximum absolute atomic E-state index is 12.0. The minimum Gasteiger partial charge on any atom is -0.506 e. The molecule has 0 spiro atoms. The Kier molecular flexibility index (Phi) is 4.11. The molecule has 0 saturated heterocycles. The molecule has 0 atom stereocenters. The van der Waals surface area contributed by atoms with Gasteiger partial charge in [-0.05, 0) is 52.3 Å². The van der Waals surface area contributed by atoms with Crippen LogP contribution in [0.3, 0.4) is 0 Å². The molecule has 0 saturated carbocycles. The maximum atomic E-state index is 12.0. The number of phenolic OH excluding ortho intramolecular Hbond substituents is 1. The number of halogens is 2. The van der Waals surface area contributed by atoms with Gasteiger partial charge in [0.1, 0.15) is 5.75 Å². The first-order valence-electron chi connectivity index (χ1n) is 5.32. The fourth-order valence-electron chi connectivity index (χ4n) is 1.47. The first-order valence-corrected chi connectivity index (χ1v) is 6.91. The number of nitrogens with one attached hydrogen (secondary N) is 1. The van der Waals surface area contributed by atoms with Gasteiger partial charge in [-0.3, -0.25) is 4.79 Å². The van der Waals surface area contributed by atoms with Crippen LogP contribution in [0.1, 0.15) is 10.4 Å². The number of anilines is 2. The van der Waals surface area contributed by atoms with Crippen molar-refractivity contribution < 1.29 is 9.90 Å². The van der Waals surface area contributed by atoms with Crippen LogP contribution in [0.2, 0.25) is 0 Å². The quantitative estimate of drug-likeness (QED) is 0.544. The molecule has 4 N–H and O–H groups in total. The summed E-state index contributed by atoms with van der Waals surface area (Å²) in [6.45, 7) is 0. The van der Waals surface area contributed by atoms with Crippen molar-refractivity contribution in [3.8, 4) is 5.75 Å². The molecule has 0 aliphatic heterocycles. The van der Waals surface area contributed by atoms with Crippen molar-refractivity contribution in [2.45, 2.75) is 0 Å². The predicted octanol–water partition coefficient (Wildman–Crippen LogP) is 3.75. The Morgan fingerprint density at radius 3 is 2.58 bits per heavy atom. The molecule has 0 unspecified atom stereocenters. The largest absolute Gasteiger partial charge is 0.506 e. The van der Waals surface area contributed by atoms with Crippen LogP contribution in [-0.2, 0) is 0 Å². The van der Waals surface area contributed by atoms with Crippen LogP contribution in [0.25, 0.3) is 0 Å². The third kappa shape index (κ3) is 3.27. The van der Waals surface area contributed by atoms with Gasteiger partial charge in [-0.2, -0.15) is 0 Å². The highest BCUT2D eigenvalue weighted by Gasteiger charge is 2.10. The fourth-order valence-corrected chi connectivity index (χ4v) is 2.21. The fraction of sp³-hybridized carbons (Fsp3) is 0. The highest BCUT2D eigenvalue weighted by atomic mass is 79.9. The van der Waals surface area contributed by atoms with Gasteiger partial charge in [-0.15, -0.1) is 0 Å². The summed E-state index contributed by atoms with van der Waals surface area (Å²) in [5.74, 6) is -0.319. The predicted molar refractivity (Wildman–Crippen MR) is 82.3 cm³/mol. The molecule has 2 rings (SSSR count). The van der Waals surface area contributed by atoms with Crippen LogP contribution in [0, 0.1) is 0 Å². The Balaban J connectivity index is 2.25. The second-order valence-electron chi connectivity index (χ2n) is 3.85. The zero-order chi connectivity index (χ0) is 14.0. The molecule has 4 nitrogen and oxygen atoms in total. The third-order valence-corrected chi connectivity index (χ3v) is 3.65. The number of carbonyl (C=O) groups is 1.